The molecule has 1 aromatic rings. The molecule has 6 heteroatoms. The van der Waals surface area contributed by atoms with Gasteiger partial charge in [-0.1, -0.05) is 6.04 Å². The van der Waals surface area contributed by atoms with Crippen LogP contribution in [-0.4, -0.2) is 33.9 Å². The molecule has 0 aliphatic rings. The molecule has 1 aromatic carbocycles. The molecule has 0 radical (unpaired) electrons. The van der Waals surface area contributed by atoms with Crippen LogP contribution in [0.4, 0.5) is 0 Å². The summed E-state index contributed by atoms with van der Waals surface area (Å²) in [6, 6.07) is -5.32. The summed E-state index contributed by atoms with van der Waals surface area (Å²) in [6.07, 6.45) is -2.20. The van der Waals surface area contributed by atoms with Gasteiger partial charge >= 0.3 is 5.97 Å². The number of hydrogen-bond acceptors (Lipinski definition) is 6. The largest absolute Gasteiger partial charge is 0.504 e. The summed E-state index contributed by atoms with van der Waals surface area (Å²) in [5.41, 5.74) is 4.65. The number of aliphatic hydroxyl groups is 1. The lowest BCUT2D eigenvalue weighted by molar-refractivity contribution is -0.147. The zero-order chi connectivity index (χ0) is 16.5. The van der Waals surface area contributed by atoms with Crippen LogP contribution in [0.3, 0.4) is 0 Å². The molecule has 0 aliphatic heterocycles. The molecule has 0 fully saturated rings. The summed E-state index contributed by atoms with van der Waals surface area (Å²) in [7, 11) is 0. The summed E-state index contributed by atoms with van der Waals surface area (Å²) in [5, 5.41) is 28.8. The van der Waals surface area contributed by atoms with Crippen LogP contribution < -0.4 is 5.73 Å². The number of carbonyl (C=O) groups excluding carboxylic acids is 1. The predicted octanol–water partition coefficient (Wildman–Crippen LogP) is 0.0216. The Morgan fingerprint density at radius 1 is 1.59 bits per heavy atom. The third-order valence-corrected chi connectivity index (χ3v) is 1.87. The summed E-state index contributed by atoms with van der Waals surface area (Å²) >= 11 is 0. The number of aliphatic hydroxyl groups excluding tert-OH is 1. The van der Waals surface area contributed by atoms with E-state index in [2.05, 4.69) is 4.74 Å². The molecule has 0 aromatic heterocycles. The highest BCUT2D eigenvalue weighted by atomic mass is 16.5. The van der Waals surface area contributed by atoms with E-state index in [0.717, 1.165) is 0 Å². The van der Waals surface area contributed by atoms with E-state index in [0.29, 0.717) is 0 Å². The van der Waals surface area contributed by atoms with Crippen molar-refractivity contribution in [3.63, 3.8) is 0 Å². The van der Waals surface area contributed by atoms with E-state index in [-0.39, 0.29) is 6.61 Å². The molecule has 1 rings (SSSR count). The lowest BCUT2D eigenvalue weighted by Gasteiger charge is -2.17. The number of benzene rings is 1. The van der Waals surface area contributed by atoms with Crippen LogP contribution in [0.5, 0.6) is 11.5 Å². The maximum atomic E-state index is 11.6. The van der Waals surface area contributed by atoms with Gasteiger partial charge in [0.2, 0.25) is 0 Å². The summed E-state index contributed by atoms with van der Waals surface area (Å²) in [4.78, 5) is 11.6. The van der Waals surface area contributed by atoms with Crippen LogP contribution in [-0.2, 0) is 9.53 Å². The second kappa shape index (κ2) is 5.51. The van der Waals surface area contributed by atoms with Gasteiger partial charge in [-0.25, -0.2) is 0 Å². The summed E-state index contributed by atoms with van der Waals surface area (Å²) in [6.45, 7) is 1.36. The van der Waals surface area contributed by atoms with Crippen LogP contribution in [0.1, 0.15) is 24.1 Å². The van der Waals surface area contributed by atoms with Crippen LogP contribution in [0.2, 0.25) is 0 Å². The van der Waals surface area contributed by atoms with Crippen LogP contribution >= 0.6 is 0 Å². The van der Waals surface area contributed by atoms with Crippen molar-refractivity contribution in [3.05, 3.63) is 23.7 Å². The smallest absolute Gasteiger partial charge is 0.325 e. The minimum atomic E-state index is -2.74. The monoisotopic (exact) mass is 245 g/mol. The first-order valence-corrected chi connectivity index (χ1v) is 4.73. The number of hydrogen-bond donors (Lipinski definition) is 4. The zero-order valence-electron chi connectivity index (χ0n) is 13.0. The first-order chi connectivity index (χ1) is 9.57. The van der Waals surface area contributed by atoms with E-state index in [1.54, 1.807) is 0 Å². The van der Waals surface area contributed by atoms with E-state index in [1.165, 1.54) is 6.92 Å². The zero-order valence-corrected chi connectivity index (χ0v) is 9.02. The van der Waals surface area contributed by atoms with Crippen molar-refractivity contribution in [2.75, 3.05) is 6.61 Å². The van der Waals surface area contributed by atoms with Crippen molar-refractivity contribution in [1.29, 1.82) is 0 Å². The molecule has 17 heavy (non-hydrogen) atoms. The van der Waals surface area contributed by atoms with Gasteiger partial charge in [0.15, 0.2) is 11.5 Å². The second-order valence-electron chi connectivity index (χ2n) is 3.06. The minimum absolute atomic E-state index is 0.102. The average Bonchev–Trinajstić information content (AvgIpc) is 2.43. The Hall–Kier alpha value is -1.79. The Balaban J connectivity index is 3.44. The molecule has 5 N–H and O–H groups in total. The molecular formula is C11H15NO5. The molecule has 0 saturated carbocycles. The van der Waals surface area contributed by atoms with Crippen molar-refractivity contribution in [3.8, 4) is 11.5 Å². The van der Waals surface area contributed by atoms with E-state index in [4.69, 9.17) is 11.2 Å². The Morgan fingerprint density at radius 3 is 2.82 bits per heavy atom. The molecule has 94 valence electrons. The molecule has 6 nitrogen and oxygen atoms in total. The standard InChI is InChI=1S/C11H15NO5/c1-2-17-11(16)9(12)10(15)6-3-4-7(13)8(14)5-6/h3-5,9-10,13-15H,2,12H2,1H3/t9-,10+/m0/s1/i3D,4D,5D,9D. The number of ether oxygens (including phenoxy) is 1. The molecule has 0 spiro atoms. The van der Waals surface area contributed by atoms with Crippen molar-refractivity contribution in [2.45, 2.75) is 19.0 Å². The number of phenolic OH excluding ortho intramolecular Hbond substituents is 2. The first kappa shape index (κ1) is 8.32. The lowest BCUT2D eigenvalue weighted by atomic mass is 10.0. The quantitative estimate of drug-likeness (QED) is 0.439. The molecule has 2 atom stereocenters. The normalized spacial score (nSPS) is 19.2. The van der Waals surface area contributed by atoms with Gasteiger partial charge < -0.3 is 25.8 Å². The first-order valence-electron chi connectivity index (χ1n) is 6.73. The second-order valence-corrected chi connectivity index (χ2v) is 3.06. The van der Waals surface area contributed by atoms with Crippen LogP contribution in [0.25, 0.3) is 0 Å². The van der Waals surface area contributed by atoms with Crippen molar-refractivity contribution in [2.24, 2.45) is 5.73 Å². The van der Waals surface area contributed by atoms with Crippen molar-refractivity contribution < 1.29 is 30.3 Å². The summed E-state index contributed by atoms with van der Waals surface area (Å²) in [5.74, 6) is -3.36. The number of rotatable bonds is 4. The van der Waals surface area contributed by atoms with Gasteiger partial charge in [-0.3, -0.25) is 4.79 Å². The fraction of sp³-hybridized carbons (Fsp3) is 0.364. The van der Waals surface area contributed by atoms with E-state index in [9.17, 15) is 20.1 Å². The van der Waals surface area contributed by atoms with Gasteiger partial charge in [0, 0.05) is 0 Å². The average molecular weight is 245 g/mol. The van der Waals surface area contributed by atoms with Gasteiger partial charge in [0.05, 0.1) is 12.1 Å². The van der Waals surface area contributed by atoms with Gasteiger partial charge in [0.1, 0.15) is 12.1 Å². The van der Waals surface area contributed by atoms with Crippen LogP contribution in [0, 0.1) is 0 Å². The van der Waals surface area contributed by atoms with E-state index < -0.39 is 53.3 Å². The third-order valence-electron chi connectivity index (χ3n) is 1.87. The molecule has 0 saturated heterocycles. The topological polar surface area (TPSA) is 113 Å². The van der Waals surface area contributed by atoms with Crippen molar-refractivity contribution >= 4 is 5.97 Å². The number of esters is 1. The summed E-state index contributed by atoms with van der Waals surface area (Å²) < 4.78 is 34.7. The van der Waals surface area contributed by atoms with Gasteiger partial charge in [-0.05, 0) is 24.6 Å². The van der Waals surface area contributed by atoms with Gasteiger partial charge in [0.25, 0.3) is 0 Å². The highest BCUT2D eigenvalue weighted by Crippen LogP contribution is 2.28. The van der Waals surface area contributed by atoms with Crippen LogP contribution in [0.15, 0.2) is 18.1 Å². The molecule has 0 unspecified atom stereocenters. The fourth-order valence-electron chi connectivity index (χ4n) is 1.02. The maximum absolute atomic E-state index is 11.6. The maximum Gasteiger partial charge on any atom is 0.325 e. The Kier molecular flexibility index (Phi) is 2.70. The number of phenols is 2. The third kappa shape index (κ3) is 3.08. The number of nitrogens with two attached hydrogens (primary N) is 1. The van der Waals surface area contributed by atoms with E-state index in [1.807, 2.05) is 0 Å². The molecule has 0 aliphatic carbocycles. The van der Waals surface area contributed by atoms with Gasteiger partial charge in [-0.2, -0.15) is 0 Å². The Bertz CT molecular complexity index is 549. The molecule has 0 bridgehead atoms. The highest BCUT2D eigenvalue weighted by molar-refractivity contribution is 5.76. The molecule has 0 amide bonds. The minimum Gasteiger partial charge on any atom is -0.504 e. The van der Waals surface area contributed by atoms with Gasteiger partial charge in [-0.15, -0.1) is 0 Å². The number of aromatic hydroxyl groups is 2. The SMILES string of the molecule is [2H]c1c([2H])c([C@@H](O)[C@]([2H])(N)C(=O)OCC)c([2H])c(O)c1O. The predicted molar refractivity (Wildman–Crippen MR) is 59.3 cm³/mol. The van der Waals surface area contributed by atoms with E-state index >= 15 is 0 Å². The number of carbonyl (C=O) groups is 1. The Morgan fingerprint density at radius 2 is 2.24 bits per heavy atom. The fourth-order valence-corrected chi connectivity index (χ4v) is 1.02. The molecule has 0 heterocycles. The lowest BCUT2D eigenvalue weighted by Crippen LogP contribution is -2.38. The molecular weight excluding hydrogens is 226 g/mol. The Labute approximate surface area is 104 Å². The van der Waals surface area contributed by atoms with Crippen molar-refractivity contribution in [1.82, 2.24) is 0 Å². The highest BCUT2D eigenvalue weighted by Gasteiger charge is 2.25.